The fourth-order valence-corrected chi connectivity index (χ4v) is 4.53. The standard InChI is InChI=1S/C19H14BrF5N2O4/c20-12-2-1-11-10(14(12)22)3-4-18(11)7-30-16(17(28)29)27(18)15-13(31-8-21)5-9(6-26-15)19(23,24)25/h1-2,5-6,16H,3-4,7-8H2,(H,28,29)/t16-,18?/m0/s1. The van der Waals surface area contributed by atoms with Crippen LogP contribution in [0.4, 0.5) is 27.8 Å². The van der Waals surface area contributed by atoms with E-state index in [0.717, 1.165) is 4.90 Å². The number of fused-ring (bicyclic) bond motifs is 2. The summed E-state index contributed by atoms with van der Waals surface area (Å²) in [5.41, 5.74) is -1.68. The molecule has 4 rings (SSSR count). The number of alkyl halides is 4. The third-order valence-electron chi connectivity index (χ3n) is 5.47. The van der Waals surface area contributed by atoms with Gasteiger partial charge in [-0.05, 0) is 52.0 Å². The molecular formula is C19H14BrF5N2O4. The SMILES string of the molecule is O=C(O)[C@@H]1OCC2(CCc3c2ccc(Br)c3F)N1c1ncc(C(F)(F)F)cc1OCF. The Balaban J connectivity index is 1.91. The van der Waals surface area contributed by atoms with E-state index in [1.807, 2.05) is 0 Å². The summed E-state index contributed by atoms with van der Waals surface area (Å²) in [7, 11) is 0. The Hall–Kier alpha value is -2.47. The molecule has 2 heterocycles. The molecule has 2 atom stereocenters. The van der Waals surface area contributed by atoms with Gasteiger partial charge in [0.05, 0.1) is 22.2 Å². The molecule has 1 fully saturated rings. The number of aliphatic carboxylic acids is 1. The molecule has 1 spiro atoms. The number of hydrogen-bond donors (Lipinski definition) is 1. The third-order valence-corrected chi connectivity index (χ3v) is 6.08. The fraction of sp³-hybridized carbons (Fsp3) is 0.368. The van der Waals surface area contributed by atoms with Crippen molar-refractivity contribution in [2.45, 2.75) is 30.8 Å². The molecule has 1 unspecified atom stereocenters. The molecule has 6 nitrogen and oxygen atoms in total. The number of rotatable bonds is 4. The van der Waals surface area contributed by atoms with E-state index in [9.17, 15) is 31.9 Å². The lowest BCUT2D eigenvalue weighted by atomic mass is 9.91. The number of nitrogens with zero attached hydrogens (tertiary/aromatic N) is 2. The second kappa shape index (κ2) is 7.59. The predicted octanol–water partition coefficient (Wildman–Crippen LogP) is 4.40. The molecule has 1 aliphatic heterocycles. The van der Waals surface area contributed by atoms with Gasteiger partial charge in [-0.2, -0.15) is 13.2 Å². The first-order chi connectivity index (χ1) is 14.6. The number of carbonyl (C=O) groups is 1. The van der Waals surface area contributed by atoms with E-state index < -0.39 is 47.9 Å². The molecule has 1 aliphatic carbocycles. The highest BCUT2D eigenvalue weighted by atomic mass is 79.9. The van der Waals surface area contributed by atoms with Gasteiger partial charge in [0.1, 0.15) is 5.82 Å². The van der Waals surface area contributed by atoms with Gasteiger partial charge in [-0.15, -0.1) is 0 Å². The average molecular weight is 509 g/mol. The van der Waals surface area contributed by atoms with Crippen molar-refractivity contribution in [1.82, 2.24) is 4.98 Å². The predicted molar refractivity (Wildman–Crippen MR) is 99.8 cm³/mol. The molecule has 0 bridgehead atoms. The lowest BCUT2D eigenvalue weighted by Gasteiger charge is -2.37. The number of halogens is 6. The summed E-state index contributed by atoms with van der Waals surface area (Å²) < 4.78 is 77.5. The summed E-state index contributed by atoms with van der Waals surface area (Å²) in [4.78, 5) is 16.8. The molecular weight excluding hydrogens is 495 g/mol. The number of hydrogen-bond acceptors (Lipinski definition) is 5. The van der Waals surface area contributed by atoms with Crippen LogP contribution in [0.25, 0.3) is 0 Å². The summed E-state index contributed by atoms with van der Waals surface area (Å²) in [6.45, 7) is -1.65. The smallest absolute Gasteiger partial charge is 0.418 e. The van der Waals surface area contributed by atoms with Crippen LogP contribution in [0.1, 0.15) is 23.1 Å². The van der Waals surface area contributed by atoms with Crippen molar-refractivity contribution in [2.75, 3.05) is 18.4 Å². The Kier molecular flexibility index (Phi) is 5.32. The zero-order valence-electron chi connectivity index (χ0n) is 15.5. The Morgan fingerprint density at radius 3 is 2.81 bits per heavy atom. The van der Waals surface area contributed by atoms with E-state index in [0.29, 0.717) is 23.4 Å². The highest BCUT2D eigenvalue weighted by Gasteiger charge is 2.56. The van der Waals surface area contributed by atoms with E-state index in [4.69, 9.17) is 9.47 Å². The minimum Gasteiger partial charge on any atom is -0.478 e. The number of aromatic nitrogens is 1. The zero-order valence-corrected chi connectivity index (χ0v) is 17.1. The number of ether oxygens (including phenoxy) is 2. The monoisotopic (exact) mass is 508 g/mol. The second-order valence-corrected chi connectivity index (χ2v) is 7.94. The minimum atomic E-state index is -4.78. The van der Waals surface area contributed by atoms with E-state index in [1.54, 1.807) is 6.07 Å². The van der Waals surface area contributed by atoms with Gasteiger partial charge < -0.3 is 19.5 Å². The fourth-order valence-electron chi connectivity index (χ4n) is 4.16. The van der Waals surface area contributed by atoms with E-state index in [2.05, 4.69) is 20.9 Å². The molecule has 0 saturated carbocycles. The molecule has 31 heavy (non-hydrogen) atoms. The van der Waals surface area contributed by atoms with Gasteiger partial charge in [-0.25, -0.2) is 18.6 Å². The van der Waals surface area contributed by atoms with Gasteiger partial charge in [0.2, 0.25) is 13.1 Å². The van der Waals surface area contributed by atoms with Crippen LogP contribution in [0.5, 0.6) is 5.75 Å². The zero-order chi connectivity index (χ0) is 22.6. The van der Waals surface area contributed by atoms with Gasteiger partial charge in [0.15, 0.2) is 11.6 Å². The van der Waals surface area contributed by atoms with Crippen LogP contribution in [0.3, 0.4) is 0 Å². The van der Waals surface area contributed by atoms with Crippen LogP contribution in [-0.2, 0) is 27.7 Å². The summed E-state index contributed by atoms with van der Waals surface area (Å²) in [6, 6.07) is 3.59. The number of pyridine rings is 1. The van der Waals surface area contributed by atoms with Crippen LogP contribution in [0, 0.1) is 5.82 Å². The Bertz CT molecular complexity index is 1050. The number of carboxylic acid groups (broad SMARTS) is 1. The first kappa shape index (κ1) is 21.8. The van der Waals surface area contributed by atoms with E-state index in [-0.39, 0.29) is 29.7 Å². The number of carboxylic acids is 1. The lowest BCUT2D eigenvalue weighted by molar-refractivity contribution is -0.147. The summed E-state index contributed by atoms with van der Waals surface area (Å²) in [5, 5.41) is 9.67. The van der Waals surface area contributed by atoms with Crippen molar-refractivity contribution in [2.24, 2.45) is 0 Å². The van der Waals surface area contributed by atoms with Crippen LogP contribution < -0.4 is 9.64 Å². The average Bonchev–Trinajstić information content (AvgIpc) is 3.27. The van der Waals surface area contributed by atoms with Crippen molar-refractivity contribution in [3.63, 3.8) is 0 Å². The molecule has 1 N–H and O–H groups in total. The molecule has 12 heteroatoms. The molecule has 0 radical (unpaired) electrons. The van der Waals surface area contributed by atoms with Gasteiger partial charge in [-0.3, -0.25) is 0 Å². The molecule has 1 aromatic heterocycles. The Labute approximate surface area is 180 Å². The maximum absolute atomic E-state index is 14.7. The van der Waals surface area contributed by atoms with Crippen molar-refractivity contribution < 1.29 is 41.3 Å². The normalized spacial score (nSPS) is 22.8. The lowest BCUT2D eigenvalue weighted by Crippen LogP contribution is -2.48. The molecule has 166 valence electrons. The maximum Gasteiger partial charge on any atom is 0.418 e. The third kappa shape index (κ3) is 3.41. The van der Waals surface area contributed by atoms with E-state index >= 15 is 0 Å². The molecule has 2 aromatic rings. The van der Waals surface area contributed by atoms with Crippen molar-refractivity contribution in [1.29, 1.82) is 0 Å². The van der Waals surface area contributed by atoms with Gasteiger partial charge >= 0.3 is 12.1 Å². The molecule has 2 aliphatic rings. The summed E-state index contributed by atoms with van der Waals surface area (Å²) >= 11 is 3.11. The first-order valence-electron chi connectivity index (χ1n) is 8.97. The topological polar surface area (TPSA) is 71.9 Å². The quantitative estimate of drug-likeness (QED) is 0.617. The highest BCUT2D eigenvalue weighted by Crippen LogP contribution is 2.51. The van der Waals surface area contributed by atoms with Crippen molar-refractivity contribution in [3.8, 4) is 5.75 Å². The molecule has 0 amide bonds. The second-order valence-electron chi connectivity index (χ2n) is 7.09. The largest absolute Gasteiger partial charge is 0.478 e. The van der Waals surface area contributed by atoms with Crippen LogP contribution in [-0.4, -0.2) is 35.8 Å². The van der Waals surface area contributed by atoms with Gasteiger partial charge in [-0.1, -0.05) is 6.07 Å². The number of benzene rings is 1. The Morgan fingerprint density at radius 1 is 1.42 bits per heavy atom. The van der Waals surface area contributed by atoms with Crippen LogP contribution >= 0.6 is 15.9 Å². The van der Waals surface area contributed by atoms with Crippen LogP contribution in [0.15, 0.2) is 28.9 Å². The summed E-state index contributed by atoms with van der Waals surface area (Å²) in [5.74, 6) is -2.89. The summed E-state index contributed by atoms with van der Waals surface area (Å²) in [6.07, 6.45) is -5.49. The molecule has 1 aromatic carbocycles. The van der Waals surface area contributed by atoms with E-state index in [1.165, 1.54) is 6.07 Å². The van der Waals surface area contributed by atoms with Crippen LogP contribution in [0.2, 0.25) is 0 Å². The first-order valence-corrected chi connectivity index (χ1v) is 9.76. The minimum absolute atomic E-state index is 0.185. The number of anilines is 1. The van der Waals surface area contributed by atoms with Crippen molar-refractivity contribution in [3.05, 3.63) is 51.4 Å². The van der Waals surface area contributed by atoms with Gasteiger partial charge in [0.25, 0.3) is 0 Å². The van der Waals surface area contributed by atoms with Gasteiger partial charge in [0, 0.05) is 6.20 Å². The molecule has 1 saturated heterocycles. The maximum atomic E-state index is 14.7. The highest BCUT2D eigenvalue weighted by molar-refractivity contribution is 9.10. The van der Waals surface area contributed by atoms with Crippen molar-refractivity contribution >= 4 is 27.7 Å². The Morgan fingerprint density at radius 2 is 2.16 bits per heavy atom.